The highest BCUT2D eigenvalue weighted by atomic mass is 28.4. The van der Waals surface area contributed by atoms with E-state index in [1.165, 1.54) is 10.4 Å². The maximum absolute atomic E-state index is 12.6. The van der Waals surface area contributed by atoms with Gasteiger partial charge in [-0.2, -0.15) is 0 Å². The summed E-state index contributed by atoms with van der Waals surface area (Å²) in [6.45, 7) is 20.6. The molecule has 0 saturated heterocycles. The number of amides is 3. The van der Waals surface area contributed by atoms with Crippen LogP contribution < -0.4 is 37.4 Å². The predicted molar refractivity (Wildman–Crippen MR) is 221 cm³/mol. The van der Waals surface area contributed by atoms with Crippen molar-refractivity contribution in [3.63, 3.8) is 0 Å². The van der Waals surface area contributed by atoms with Gasteiger partial charge >= 0.3 is 12.1 Å². The fraction of sp³-hybridized carbons (Fsp3) is 0.488. The average Bonchev–Trinajstić information content (AvgIpc) is 3.09. The van der Waals surface area contributed by atoms with Gasteiger partial charge in [-0.25, -0.2) is 9.59 Å². The molecule has 6 N–H and O–H groups in total. The molecule has 0 bridgehead atoms. The molecule has 0 unspecified atom stereocenters. The molecule has 3 aromatic rings. The van der Waals surface area contributed by atoms with Crippen LogP contribution in [0, 0.1) is 17.8 Å². The highest BCUT2D eigenvalue weighted by molar-refractivity contribution is 6.99. The Morgan fingerprint density at radius 3 is 2.02 bits per heavy atom. The second-order valence-electron chi connectivity index (χ2n) is 16.0. The van der Waals surface area contributed by atoms with Crippen LogP contribution in [0.15, 0.2) is 78.9 Å². The third kappa shape index (κ3) is 13.6. The second kappa shape index (κ2) is 20.2. The molecule has 0 radical (unpaired) electrons. The topological polar surface area (TPSA) is 127 Å². The lowest BCUT2D eigenvalue weighted by molar-refractivity contribution is 0.0489. The van der Waals surface area contributed by atoms with Crippen LogP contribution in [-0.4, -0.2) is 57.8 Å². The molecule has 53 heavy (non-hydrogen) atoms. The van der Waals surface area contributed by atoms with Gasteiger partial charge in [-0.15, -0.1) is 5.92 Å². The first-order valence-corrected chi connectivity index (χ1v) is 20.7. The van der Waals surface area contributed by atoms with E-state index in [1.54, 1.807) is 0 Å². The van der Waals surface area contributed by atoms with Gasteiger partial charge in [-0.1, -0.05) is 107 Å². The van der Waals surface area contributed by atoms with Crippen molar-refractivity contribution in [2.24, 2.45) is 11.7 Å². The first kappa shape index (κ1) is 43.1. The van der Waals surface area contributed by atoms with E-state index in [1.807, 2.05) is 27.7 Å². The Labute approximate surface area is 319 Å². The molecule has 10 heteroatoms. The summed E-state index contributed by atoms with van der Waals surface area (Å²) in [5.74, 6) is 6.53. The maximum atomic E-state index is 12.6. The standard InChI is InChI=1S/C43H63N5O4Si/c1-10-11-19-33-28-35(46-29-36(20-18-27-45-40(44)49)47-30-39(32(2)3)48-41(50)52-42(4,5)6)26-25-34(33)31-51-53(43(7,8)9,37-21-14-12-15-22-37)38-23-16-13-17-24-38/h12-17,21-26,28,32,36,39,46-47H,18-20,27,29-31H2,1-9H3,(H,48,50)(H3,44,45,49)/t36-,39+/m0/s1. The van der Waals surface area contributed by atoms with Crippen molar-refractivity contribution >= 4 is 36.5 Å². The van der Waals surface area contributed by atoms with Gasteiger partial charge in [-0.3, -0.25) is 0 Å². The summed E-state index contributed by atoms with van der Waals surface area (Å²) in [7, 11) is -2.73. The Morgan fingerprint density at radius 2 is 1.49 bits per heavy atom. The molecule has 0 heterocycles. The van der Waals surface area contributed by atoms with Crippen LogP contribution in [0.2, 0.25) is 5.04 Å². The molecule has 0 fully saturated rings. The van der Waals surface area contributed by atoms with Crippen molar-refractivity contribution in [2.75, 3.05) is 25.0 Å². The molecule has 3 rings (SSSR count). The van der Waals surface area contributed by atoms with Gasteiger partial charge in [0.05, 0.1) is 6.61 Å². The number of nitrogens with two attached hydrogens (primary N) is 1. The smallest absolute Gasteiger partial charge is 0.407 e. The largest absolute Gasteiger partial charge is 0.444 e. The fourth-order valence-electron chi connectivity index (χ4n) is 6.46. The van der Waals surface area contributed by atoms with E-state index >= 15 is 0 Å². The molecule has 0 spiro atoms. The van der Waals surface area contributed by atoms with Gasteiger partial charge in [0.25, 0.3) is 8.32 Å². The van der Waals surface area contributed by atoms with Crippen molar-refractivity contribution in [1.82, 2.24) is 16.0 Å². The van der Waals surface area contributed by atoms with E-state index in [0.717, 1.165) is 29.7 Å². The number of nitrogens with one attached hydrogen (secondary N) is 4. The molecule has 0 aliphatic rings. The zero-order valence-corrected chi connectivity index (χ0v) is 34.4. The van der Waals surface area contributed by atoms with Crippen LogP contribution in [0.3, 0.4) is 0 Å². The molecule has 0 aliphatic carbocycles. The number of alkyl carbamates (subject to hydrolysis) is 1. The highest BCUT2D eigenvalue weighted by Crippen LogP contribution is 2.37. The zero-order valence-electron chi connectivity index (χ0n) is 33.4. The van der Waals surface area contributed by atoms with Crippen molar-refractivity contribution in [1.29, 1.82) is 0 Å². The van der Waals surface area contributed by atoms with Gasteiger partial charge in [0.2, 0.25) is 0 Å². The molecule has 9 nitrogen and oxygen atoms in total. The predicted octanol–water partition coefficient (Wildman–Crippen LogP) is 6.70. The Bertz CT molecular complexity index is 1600. The molecule has 0 saturated carbocycles. The molecule has 2 atom stereocenters. The SMILES string of the molecule is CC#CCc1cc(NC[C@H](CCCNC(N)=O)NC[C@@H](NC(=O)OC(C)(C)C)C(C)C)ccc1CO[Si](c1ccccc1)(c1ccccc1)C(C)(C)C. The molecule has 0 aliphatic heterocycles. The average molecular weight is 742 g/mol. The third-order valence-electron chi connectivity index (χ3n) is 9.24. The minimum absolute atomic E-state index is 0.0448. The Kier molecular flexibility index (Phi) is 16.5. The molecule has 0 aromatic heterocycles. The van der Waals surface area contributed by atoms with Gasteiger partial charge in [0.15, 0.2) is 0 Å². The summed E-state index contributed by atoms with van der Waals surface area (Å²) >= 11 is 0. The monoisotopic (exact) mass is 741 g/mol. The third-order valence-corrected chi connectivity index (χ3v) is 14.2. The van der Waals surface area contributed by atoms with E-state index in [9.17, 15) is 9.59 Å². The minimum atomic E-state index is -2.73. The van der Waals surface area contributed by atoms with Crippen LogP contribution in [-0.2, 0) is 22.2 Å². The van der Waals surface area contributed by atoms with Crippen LogP contribution in [0.1, 0.15) is 86.3 Å². The molecule has 3 amide bonds. The number of hydrogen-bond donors (Lipinski definition) is 5. The second-order valence-corrected chi connectivity index (χ2v) is 20.3. The van der Waals surface area contributed by atoms with E-state index in [2.05, 4.69) is 147 Å². The molecular weight excluding hydrogens is 679 g/mol. The molecule has 288 valence electrons. The number of hydrogen-bond acceptors (Lipinski definition) is 6. The number of benzene rings is 3. The van der Waals surface area contributed by atoms with Crippen LogP contribution in [0.5, 0.6) is 0 Å². The fourth-order valence-corrected chi connectivity index (χ4v) is 11.0. The summed E-state index contributed by atoms with van der Waals surface area (Å²) in [5, 5.41) is 15.4. The highest BCUT2D eigenvalue weighted by Gasteiger charge is 2.50. The first-order valence-electron chi connectivity index (χ1n) is 18.8. The number of urea groups is 1. The Balaban J connectivity index is 1.84. The van der Waals surface area contributed by atoms with Gasteiger partial charge in [0.1, 0.15) is 5.60 Å². The minimum Gasteiger partial charge on any atom is -0.444 e. The van der Waals surface area contributed by atoms with Gasteiger partial charge in [-0.05, 0) is 85.1 Å². The molecule has 3 aromatic carbocycles. The normalized spacial score (nSPS) is 13.0. The van der Waals surface area contributed by atoms with Crippen LogP contribution in [0.25, 0.3) is 0 Å². The van der Waals surface area contributed by atoms with Gasteiger partial charge < -0.3 is 36.2 Å². The summed E-state index contributed by atoms with van der Waals surface area (Å²) in [6.07, 6.45) is 1.70. The zero-order chi connectivity index (χ0) is 39.1. The summed E-state index contributed by atoms with van der Waals surface area (Å²) in [5.41, 5.74) is 7.95. The van der Waals surface area contributed by atoms with E-state index in [-0.39, 0.29) is 23.0 Å². The molecular formula is C43H63N5O4Si. The quantitative estimate of drug-likeness (QED) is 0.0562. The van der Waals surface area contributed by atoms with Crippen molar-refractivity contribution in [2.45, 2.75) is 111 Å². The van der Waals surface area contributed by atoms with Crippen molar-refractivity contribution < 1.29 is 18.8 Å². The van der Waals surface area contributed by atoms with Crippen LogP contribution in [0.4, 0.5) is 15.3 Å². The number of rotatable bonds is 18. The van der Waals surface area contributed by atoms with E-state index < -0.39 is 26.0 Å². The lowest BCUT2D eigenvalue weighted by Crippen LogP contribution is -2.66. The summed E-state index contributed by atoms with van der Waals surface area (Å²) in [4.78, 5) is 23.9. The number of ether oxygens (including phenoxy) is 1. The van der Waals surface area contributed by atoms with E-state index in [0.29, 0.717) is 32.7 Å². The van der Waals surface area contributed by atoms with Gasteiger partial charge in [0, 0.05) is 43.8 Å². The van der Waals surface area contributed by atoms with Crippen molar-refractivity contribution in [3.8, 4) is 11.8 Å². The lowest BCUT2D eigenvalue weighted by Gasteiger charge is -2.43. The van der Waals surface area contributed by atoms with Crippen molar-refractivity contribution in [3.05, 3.63) is 90.0 Å². The number of carbonyl (C=O) groups is 2. The number of anilines is 1. The number of primary amides is 1. The Hall–Kier alpha value is -4.30. The summed E-state index contributed by atoms with van der Waals surface area (Å²) < 4.78 is 12.8. The number of carbonyl (C=O) groups excluding carboxylic acids is 2. The lowest BCUT2D eigenvalue weighted by atomic mass is 10.0. The van der Waals surface area contributed by atoms with E-state index in [4.69, 9.17) is 14.9 Å². The first-order chi connectivity index (χ1) is 25.1. The summed E-state index contributed by atoms with van der Waals surface area (Å²) in [6, 6.07) is 27.2. The Morgan fingerprint density at radius 1 is 0.868 bits per heavy atom. The van der Waals surface area contributed by atoms with Crippen LogP contribution >= 0.6 is 0 Å². The maximum Gasteiger partial charge on any atom is 0.407 e.